The molecule has 0 saturated carbocycles. The molecule has 0 aliphatic heterocycles. The standard InChI is InChI=1S/C16H18FNO/c1-11-5-3-7-15(12(11)2)19-16-8-4-6-14(17)13(16)9-10-18/h3-8H,9-10,18H2,1-2H3. The van der Waals surface area contributed by atoms with Gasteiger partial charge in [-0.25, -0.2) is 4.39 Å². The van der Waals surface area contributed by atoms with E-state index in [4.69, 9.17) is 10.5 Å². The van der Waals surface area contributed by atoms with Crippen LogP contribution in [0, 0.1) is 19.7 Å². The molecule has 0 heterocycles. The van der Waals surface area contributed by atoms with Crippen LogP contribution in [0.3, 0.4) is 0 Å². The Morgan fingerprint density at radius 3 is 2.47 bits per heavy atom. The van der Waals surface area contributed by atoms with Gasteiger partial charge < -0.3 is 10.5 Å². The van der Waals surface area contributed by atoms with Crippen LogP contribution in [0.25, 0.3) is 0 Å². The second-order valence-electron chi connectivity index (χ2n) is 4.56. The van der Waals surface area contributed by atoms with Crippen LogP contribution in [0.2, 0.25) is 0 Å². The maximum Gasteiger partial charge on any atom is 0.133 e. The van der Waals surface area contributed by atoms with E-state index in [0.717, 1.165) is 16.9 Å². The second-order valence-corrected chi connectivity index (χ2v) is 4.56. The topological polar surface area (TPSA) is 35.2 Å². The van der Waals surface area contributed by atoms with Gasteiger partial charge in [-0.2, -0.15) is 0 Å². The molecule has 0 saturated heterocycles. The second kappa shape index (κ2) is 5.85. The molecule has 0 spiro atoms. The van der Waals surface area contributed by atoms with Gasteiger partial charge in [0, 0.05) is 5.56 Å². The summed E-state index contributed by atoms with van der Waals surface area (Å²) in [5, 5.41) is 0. The van der Waals surface area contributed by atoms with Crippen molar-refractivity contribution in [3.8, 4) is 11.5 Å². The SMILES string of the molecule is Cc1cccc(Oc2cccc(F)c2CCN)c1C. The lowest BCUT2D eigenvalue weighted by Crippen LogP contribution is -2.06. The average Bonchev–Trinajstić information content (AvgIpc) is 2.39. The lowest BCUT2D eigenvalue weighted by molar-refractivity contribution is 0.463. The Balaban J connectivity index is 2.38. The third-order valence-corrected chi connectivity index (χ3v) is 3.25. The molecule has 0 amide bonds. The number of benzene rings is 2. The number of halogens is 1. The normalized spacial score (nSPS) is 10.5. The van der Waals surface area contributed by atoms with Gasteiger partial charge in [0.2, 0.25) is 0 Å². The van der Waals surface area contributed by atoms with E-state index in [9.17, 15) is 4.39 Å². The van der Waals surface area contributed by atoms with E-state index in [1.54, 1.807) is 12.1 Å². The van der Waals surface area contributed by atoms with Gasteiger partial charge in [-0.15, -0.1) is 0 Å². The summed E-state index contributed by atoms with van der Waals surface area (Å²) in [6, 6.07) is 10.7. The Morgan fingerprint density at radius 2 is 1.74 bits per heavy atom. The number of ether oxygens (including phenoxy) is 1. The Kier molecular flexibility index (Phi) is 4.17. The third kappa shape index (κ3) is 2.93. The van der Waals surface area contributed by atoms with Crippen LogP contribution in [0.1, 0.15) is 16.7 Å². The first-order valence-corrected chi connectivity index (χ1v) is 6.35. The predicted molar refractivity (Wildman–Crippen MR) is 75.1 cm³/mol. The highest BCUT2D eigenvalue weighted by atomic mass is 19.1. The van der Waals surface area contributed by atoms with Gasteiger partial charge in [0.05, 0.1) is 0 Å². The molecule has 2 N–H and O–H groups in total. The molecule has 0 bridgehead atoms. The van der Waals surface area contributed by atoms with Crippen molar-refractivity contribution in [2.75, 3.05) is 6.54 Å². The van der Waals surface area contributed by atoms with E-state index < -0.39 is 0 Å². The fourth-order valence-corrected chi connectivity index (χ4v) is 1.97. The van der Waals surface area contributed by atoms with E-state index in [-0.39, 0.29) is 5.82 Å². The lowest BCUT2D eigenvalue weighted by Gasteiger charge is -2.14. The van der Waals surface area contributed by atoms with Crippen LogP contribution < -0.4 is 10.5 Å². The number of hydrogen-bond acceptors (Lipinski definition) is 2. The zero-order valence-corrected chi connectivity index (χ0v) is 11.2. The molecule has 0 fully saturated rings. The van der Waals surface area contributed by atoms with E-state index in [1.807, 2.05) is 32.0 Å². The minimum Gasteiger partial charge on any atom is -0.457 e. The number of aryl methyl sites for hydroxylation is 1. The highest BCUT2D eigenvalue weighted by Gasteiger charge is 2.11. The van der Waals surface area contributed by atoms with E-state index >= 15 is 0 Å². The summed E-state index contributed by atoms with van der Waals surface area (Å²) < 4.78 is 19.6. The van der Waals surface area contributed by atoms with Gasteiger partial charge >= 0.3 is 0 Å². The Morgan fingerprint density at radius 1 is 1.05 bits per heavy atom. The van der Waals surface area contributed by atoms with Crippen LogP contribution in [0.4, 0.5) is 4.39 Å². The highest BCUT2D eigenvalue weighted by Crippen LogP contribution is 2.30. The molecule has 0 aromatic heterocycles. The zero-order valence-electron chi connectivity index (χ0n) is 11.2. The van der Waals surface area contributed by atoms with Crippen molar-refractivity contribution in [2.24, 2.45) is 5.73 Å². The predicted octanol–water partition coefficient (Wildman–Crippen LogP) is 3.74. The van der Waals surface area contributed by atoms with Crippen molar-refractivity contribution in [3.63, 3.8) is 0 Å². The Hall–Kier alpha value is -1.87. The fourth-order valence-electron chi connectivity index (χ4n) is 1.97. The van der Waals surface area contributed by atoms with E-state index in [1.165, 1.54) is 6.07 Å². The fraction of sp³-hybridized carbons (Fsp3) is 0.250. The minimum absolute atomic E-state index is 0.270. The van der Waals surface area contributed by atoms with Gasteiger partial charge in [0.1, 0.15) is 17.3 Å². The van der Waals surface area contributed by atoms with Crippen molar-refractivity contribution in [1.29, 1.82) is 0 Å². The van der Waals surface area contributed by atoms with Crippen LogP contribution in [-0.2, 0) is 6.42 Å². The van der Waals surface area contributed by atoms with Crippen molar-refractivity contribution in [2.45, 2.75) is 20.3 Å². The monoisotopic (exact) mass is 259 g/mol. The maximum absolute atomic E-state index is 13.8. The van der Waals surface area contributed by atoms with Crippen LogP contribution in [0.15, 0.2) is 36.4 Å². The van der Waals surface area contributed by atoms with Gasteiger partial charge in [-0.1, -0.05) is 18.2 Å². The molecular formula is C16H18FNO. The summed E-state index contributed by atoms with van der Waals surface area (Å²) in [5.41, 5.74) is 8.26. The molecule has 0 unspecified atom stereocenters. The largest absolute Gasteiger partial charge is 0.457 e. The maximum atomic E-state index is 13.8. The Labute approximate surface area is 113 Å². The highest BCUT2D eigenvalue weighted by molar-refractivity contribution is 5.44. The molecule has 3 heteroatoms. The van der Waals surface area contributed by atoms with Crippen molar-refractivity contribution < 1.29 is 9.13 Å². The number of nitrogens with two attached hydrogens (primary N) is 1. The molecule has 2 nitrogen and oxygen atoms in total. The van der Waals surface area contributed by atoms with E-state index in [0.29, 0.717) is 24.3 Å². The molecular weight excluding hydrogens is 241 g/mol. The first-order chi connectivity index (χ1) is 9.13. The molecule has 0 aliphatic rings. The third-order valence-electron chi connectivity index (χ3n) is 3.25. The smallest absolute Gasteiger partial charge is 0.133 e. The number of hydrogen-bond donors (Lipinski definition) is 1. The van der Waals surface area contributed by atoms with Crippen molar-refractivity contribution in [1.82, 2.24) is 0 Å². The van der Waals surface area contributed by atoms with Gasteiger partial charge in [-0.05, 0) is 56.1 Å². The summed E-state index contributed by atoms with van der Waals surface area (Å²) in [6.07, 6.45) is 0.465. The van der Waals surface area contributed by atoms with Crippen molar-refractivity contribution in [3.05, 3.63) is 58.9 Å². The Bertz CT molecular complexity index is 581. The van der Waals surface area contributed by atoms with Gasteiger partial charge in [0.25, 0.3) is 0 Å². The van der Waals surface area contributed by atoms with Crippen LogP contribution in [0.5, 0.6) is 11.5 Å². The summed E-state index contributed by atoms with van der Waals surface area (Å²) >= 11 is 0. The van der Waals surface area contributed by atoms with Crippen molar-refractivity contribution >= 4 is 0 Å². The zero-order chi connectivity index (χ0) is 13.8. The molecule has 19 heavy (non-hydrogen) atoms. The lowest BCUT2D eigenvalue weighted by atomic mass is 10.1. The summed E-state index contributed by atoms with van der Waals surface area (Å²) in [7, 11) is 0. The summed E-state index contributed by atoms with van der Waals surface area (Å²) in [6.45, 7) is 4.41. The molecule has 2 rings (SSSR count). The van der Waals surface area contributed by atoms with Gasteiger partial charge in [-0.3, -0.25) is 0 Å². The quantitative estimate of drug-likeness (QED) is 0.907. The number of rotatable bonds is 4. The molecule has 0 radical (unpaired) electrons. The molecule has 2 aromatic carbocycles. The summed E-state index contributed by atoms with van der Waals surface area (Å²) in [5.74, 6) is 1.02. The molecule has 0 atom stereocenters. The first-order valence-electron chi connectivity index (χ1n) is 6.35. The minimum atomic E-state index is -0.270. The summed E-state index contributed by atoms with van der Waals surface area (Å²) in [4.78, 5) is 0. The molecule has 100 valence electrons. The van der Waals surface area contributed by atoms with E-state index in [2.05, 4.69) is 0 Å². The molecule has 0 aliphatic carbocycles. The first kappa shape index (κ1) is 13.6. The molecule has 2 aromatic rings. The van der Waals surface area contributed by atoms with Crippen LogP contribution >= 0.6 is 0 Å². The van der Waals surface area contributed by atoms with Crippen LogP contribution in [-0.4, -0.2) is 6.54 Å². The van der Waals surface area contributed by atoms with Gasteiger partial charge in [0.15, 0.2) is 0 Å². The average molecular weight is 259 g/mol.